The molecule has 0 bridgehead atoms. The molecule has 0 radical (unpaired) electrons. The lowest BCUT2D eigenvalue weighted by Gasteiger charge is -2.11. The van der Waals surface area contributed by atoms with Gasteiger partial charge in [0, 0.05) is 24.4 Å². The molecule has 2 heterocycles. The number of nitrogens with one attached hydrogen (secondary N) is 2. The summed E-state index contributed by atoms with van der Waals surface area (Å²) in [6.45, 7) is 0.158. The van der Waals surface area contributed by atoms with Crippen molar-refractivity contribution in [2.75, 3.05) is 0 Å². The van der Waals surface area contributed by atoms with Gasteiger partial charge in [0.25, 0.3) is 5.91 Å². The second kappa shape index (κ2) is 8.98. The molecule has 2 N–H and O–H groups in total. The van der Waals surface area contributed by atoms with E-state index in [0.29, 0.717) is 5.56 Å². The Labute approximate surface area is 183 Å². The Morgan fingerprint density at radius 3 is 2.59 bits per heavy atom. The first kappa shape index (κ1) is 21.2. The number of H-pyrrole nitrogens is 1. The number of aromatic amines is 1. The number of ether oxygens (including phenoxy) is 1. The zero-order valence-corrected chi connectivity index (χ0v) is 16.8. The third-order valence-corrected chi connectivity index (χ3v) is 4.50. The van der Waals surface area contributed by atoms with Crippen molar-refractivity contribution in [1.82, 2.24) is 20.4 Å². The van der Waals surface area contributed by atoms with E-state index in [1.165, 1.54) is 18.3 Å². The average molecular weight is 459 g/mol. The molecule has 0 atom stereocenters. The van der Waals surface area contributed by atoms with Crippen molar-refractivity contribution in [1.29, 1.82) is 0 Å². The van der Waals surface area contributed by atoms with Crippen LogP contribution in [0.25, 0.3) is 11.4 Å². The van der Waals surface area contributed by atoms with Gasteiger partial charge in [-0.05, 0) is 23.8 Å². The number of benzene rings is 2. The fourth-order valence-corrected chi connectivity index (χ4v) is 2.89. The lowest BCUT2D eigenvalue weighted by atomic mass is 10.1. The van der Waals surface area contributed by atoms with Crippen molar-refractivity contribution in [2.24, 2.45) is 0 Å². The number of pyridine rings is 1. The first-order chi connectivity index (χ1) is 15.4. The molecule has 11 heteroatoms. The molecule has 0 fully saturated rings. The molecule has 4 rings (SSSR count). The highest BCUT2D eigenvalue weighted by atomic mass is 35.5. The summed E-state index contributed by atoms with van der Waals surface area (Å²) in [6.07, 6.45) is 1.26. The second-order valence-corrected chi connectivity index (χ2v) is 6.94. The smallest absolute Gasteiger partial charge is 0.438 e. The van der Waals surface area contributed by atoms with Crippen LogP contribution in [0.3, 0.4) is 0 Å². The molecule has 0 saturated heterocycles. The topological polar surface area (TPSA) is 110 Å². The first-order valence-corrected chi connectivity index (χ1v) is 9.49. The SMILES string of the molecule is O=C(NCc1ccc(-c2noc(=O)[nH]2)cc1)c1cc(Cl)cnc1Oc1ccc(F)c(F)c1. The fourth-order valence-electron chi connectivity index (χ4n) is 2.74. The number of nitrogens with zero attached hydrogens (tertiary/aromatic N) is 2. The number of carbonyl (C=O) groups excluding carboxylic acids is 1. The van der Waals surface area contributed by atoms with Crippen LogP contribution in [0, 0.1) is 11.6 Å². The molecule has 32 heavy (non-hydrogen) atoms. The van der Waals surface area contributed by atoms with Gasteiger partial charge in [-0.25, -0.2) is 18.6 Å². The van der Waals surface area contributed by atoms with Gasteiger partial charge >= 0.3 is 5.76 Å². The molecule has 0 saturated carbocycles. The van der Waals surface area contributed by atoms with E-state index < -0.39 is 23.3 Å². The zero-order valence-electron chi connectivity index (χ0n) is 16.1. The largest absolute Gasteiger partial charge is 0.439 e. The Kier molecular flexibility index (Phi) is 5.95. The van der Waals surface area contributed by atoms with Crippen LogP contribution in [0.1, 0.15) is 15.9 Å². The van der Waals surface area contributed by atoms with Crippen LogP contribution in [0.5, 0.6) is 11.6 Å². The standard InChI is InChI=1S/C21H13ClF2N4O4/c22-13-7-15(20(26-10-13)31-14-5-6-16(23)17(24)8-14)19(29)25-9-11-1-3-12(4-2-11)18-27-21(30)32-28-18/h1-8,10H,9H2,(H,25,29)(H,27,28,30). The van der Waals surface area contributed by atoms with E-state index in [1.807, 2.05) is 0 Å². The molecule has 2 aromatic heterocycles. The van der Waals surface area contributed by atoms with Crippen LogP contribution in [0.4, 0.5) is 8.78 Å². The Hall–Kier alpha value is -4.05. The second-order valence-electron chi connectivity index (χ2n) is 6.51. The summed E-state index contributed by atoms with van der Waals surface area (Å²) in [6, 6.07) is 11.2. The Balaban J connectivity index is 1.47. The van der Waals surface area contributed by atoms with Gasteiger partial charge in [0.15, 0.2) is 17.5 Å². The minimum absolute atomic E-state index is 0.0130. The van der Waals surface area contributed by atoms with Crippen LogP contribution < -0.4 is 15.8 Å². The average Bonchev–Trinajstić information content (AvgIpc) is 3.22. The predicted octanol–water partition coefficient (Wildman–Crippen LogP) is 4.08. The molecule has 1 amide bonds. The van der Waals surface area contributed by atoms with Crippen LogP contribution in [-0.2, 0) is 6.54 Å². The highest BCUT2D eigenvalue weighted by molar-refractivity contribution is 6.30. The third kappa shape index (κ3) is 4.81. The van der Waals surface area contributed by atoms with Crippen molar-refractivity contribution in [3.8, 4) is 23.0 Å². The third-order valence-electron chi connectivity index (χ3n) is 4.29. The van der Waals surface area contributed by atoms with E-state index in [4.69, 9.17) is 16.3 Å². The molecule has 0 spiro atoms. The van der Waals surface area contributed by atoms with Gasteiger partial charge in [0.05, 0.1) is 5.02 Å². The van der Waals surface area contributed by atoms with Gasteiger partial charge in [-0.1, -0.05) is 41.0 Å². The Morgan fingerprint density at radius 1 is 1.12 bits per heavy atom. The summed E-state index contributed by atoms with van der Waals surface area (Å²) in [7, 11) is 0. The van der Waals surface area contributed by atoms with Crippen LogP contribution >= 0.6 is 11.6 Å². The van der Waals surface area contributed by atoms with Crippen molar-refractivity contribution in [3.05, 3.63) is 93.1 Å². The maximum atomic E-state index is 13.4. The molecule has 0 aliphatic carbocycles. The minimum Gasteiger partial charge on any atom is -0.438 e. The molecule has 0 unspecified atom stereocenters. The summed E-state index contributed by atoms with van der Waals surface area (Å²) >= 11 is 5.96. The molecule has 2 aromatic carbocycles. The van der Waals surface area contributed by atoms with Crippen molar-refractivity contribution >= 4 is 17.5 Å². The number of hydrogen-bond acceptors (Lipinski definition) is 6. The Bertz CT molecular complexity index is 1340. The van der Waals surface area contributed by atoms with Gasteiger partial charge in [0.2, 0.25) is 5.88 Å². The van der Waals surface area contributed by atoms with E-state index in [1.54, 1.807) is 24.3 Å². The zero-order chi connectivity index (χ0) is 22.7. The first-order valence-electron chi connectivity index (χ1n) is 9.11. The number of halogens is 3. The fraction of sp³-hybridized carbons (Fsp3) is 0.0476. The highest BCUT2D eigenvalue weighted by Gasteiger charge is 2.17. The summed E-state index contributed by atoms with van der Waals surface area (Å²) in [5.74, 6) is -3.19. The van der Waals surface area contributed by atoms with Gasteiger partial charge < -0.3 is 10.1 Å². The van der Waals surface area contributed by atoms with Gasteiger partial charge in [-0.3, -0.25) is 14.3 Å². The van der Waals surface area contributed by atoms with Gasteiger partial charge in [-0.2, -0.15) is 0 Å². The lowest BCUT2D eigenvalue weighted by molar-refractivity contribution is 0.0948. The lowest BCUT2D eigenvalue weighted by Crippen LogP contribution is -2.23. The Morgan fingerprint density at radius 2 is 1.91 bits per heavy atom. The van der Waals surface area contributed by atoms with Crippen LogP contribution in [0.15, 0.2) is 64.0 Å². The molecule has 0 aliphatic rings. The van der Waals surface area contributed by atoms with Crippen molar-refractivity contribution < 1.29 is 22.8 Å². The molecular weight excluding hydrogens is 446 g/mol. The van der Waals surface area contributed by atoms with Crippen molar-refractivity contribution in [2.45, 2.75) is 6.54 Å². The summed E-state index contributed by atoms with van der Waals surface area (Å²) in [4.78, 5) is 30.2. The van der Waals surface area contributed by atoms with Gasteiger partial charge in [0.1, 0.15) is 11.3 Å². The van der Waals surface area contributed by atoms with E-state index in [2.05, 4.69) is 25.0 Å². The number of rotatable bonds is 6. The number of carbonyl (C=O) groups is 1. The highest BCUT2D eigenvalue weighted by Crippen LogP contribution is 2.26. The van der Waals surface area contributed by atoms with E-state index >= 15 is 0 Å². The normalized spacial score (nSPS) is 10.7. The molecule has 8 nitrogen and oxygen atoms in total. The summed E-state index contributed by atoms with van der Waals surface area (Å²) in [5, 5.41) is 6.50. The molecule has 4 aromatic rings. The number of aromatic nitrogens is 3. The van der Waals surface area contributed by atoms with E-state index in [9.17, 15) is 18.4 Å². The summed E-state index contributed by atoms with van der Waals surface area (Å²) < 4.78 is 36.5. The maximum absolute atomic E-state index is 13.4. The monoisotopic (exact) mass is 458 g/mol. The minimum atomic E-state index is -1.10. The quantitative estimate of drug-likeness (QED) is 0.450. The van der Waals surface area contributed by atoms with Crippen LogP contribution in [0.2, 0.25) is 5.02 Å². The van der Waals surface area contributed by atoms with Crippen molar-refractivity contribution in [3.63, 3.8) is 0 Å². The number of hydrogen-bond donors (Lipinski definition) is 2. The molecule has 0 aliphatic heterocycles. The predicted molar refractivity (Wildman–Crippen MR) is 109 cm³/mol. The van der Waals surface area contributed by atoms with E-state index in [0.717, 1.165) is 17.7 Å². The molecule has 162 valence electrons. The van der Waals surface area contributed by atoms with E-state index in [-0.39, 0.29) is 34.6 Å². The summed E-state index contributed by atoms with van der Waals surface area (Å²) in [5.41, 5.74) is 1.40. The maximum Gasteiger partial charge on any atom is 0.439 e. The van der Waals surface area contributed by atoms with Crippen LogP contribution in [-0.4, -0.2) is 21.0 Å². The van der Waals surface area contributed by atoms with Gasteiger partial charge in [-0.15, -0.1) is 0 Å². The molecular formula is C21H13ClF2N4O4. The number of amides is 1.